The molecule has 32 heavy (non-hydrogen) atoms. The van der Waals surface area contributed by atoms with E-state index in [1.165, 1.54) is 12.3 Å². The predicted octanol–water partition coefficient (Wildman–Crippen LogP) is 1.80. The molecule has 0 N–H and O–H groups in total. The van der Waals surface area contributed by atoms with Crippen molar-refractivity contribution in [3.63, 3.8) is 0 Å². The minimum atomic E-state index is -4.40. The first-order chi connectivity index (χ1) is 15.3. The minimum absolute atomic E-state index is 0.0104. The standard InChI is InChI=1S/C21H24F3N5O3/c22-21(23,24)16-3-4-18(25-14-16)27-7-5-26(6-8-27)15-19(30)28-9-11-29(12-10-28)20(31)17-2-1-13-32-17/h1-4,13-14H,5-12,15H2. The van der Waals surface area contributed by atoms with E-state index in [1.54, 1.807) is 21.9 Å². The van der Waals surface area contributed by atoms with Crippen LogP contribution in [0.2, 0.25) is 0 Å². The Morgan fingerprint density at radius 1 is 0.938 bits per heavy atom. The first-order valence-electron chi connectivity index (χ1n) is 10.4. The monoisotopic (exact) mass is 451 g/mol. The van der Waals surface area contributed by atoms with Crippen molar-refractivity contribution in [2.75, 3.05) is 63.8 Å². The molecule has 0 spiro atoms. The lowest BCUT2D eigenvalue weighted by Crippen LogP contribution is -2.54. The summed E-state index contributed by atoms with van der Waals surface area (Å²) in [5, 5.41) is 0. The van der Waals surface area contributed by atoms with Gasteiger partial charge in [0.1, 0.15) is 5.82 Å². The Balaban J connectivity index is 1.21. The smallest absolute Gasteiger partial charge is 0.417 e. The van der Waals surface area contributed by atoms with E-state index >= 15 is 0 Å². The first kappa shape index (κ1) is 22.1. The number of amides is 2. The molecular formula is C21H24F3N5O3. The third kappa shape index (κ3) is 5.04. The molecular weight excluding hydrogens is 427 g/mol. The zero-order valence-corrected chi connectivity index (χ0v) is 17.4. The van der Waals surface area contributed by atoms with Crippen molar-refractivity contribution < 1.29 is 27.2 Å². The Hall–Kier alpha value is -3.08. The van der Waals surface area contributed by atoms with Gasteiger partial charge in [0.15, 0.2) is 5.76 Å². The lowest BCUT2D eigenvalue weighted by Gasteiger charge is -2.38. The number of piperazine rings is 2. The van der Waals surface area contributed by atoms with Gasteiger partial charge in [-0.05, 0) is 24.3 Å². The maximum absolute atomic E-state index is 12.7. The van der Waals surface area contributed by atoms with Crippen LogP contribution >= 0.6 is 0 Å². The van der Waals surface area contributed by atoms with Crippen molar-refractivity contribution in [2.45, 2.75) is 6.18 Å². The van der Waals surface area contributed by atoms with Gasteiger partial charge >= 0.3 is 6.18 Å². The topological polar surface area (TPSA) is 73.1 Å². The molecule has 0 atom stereocenters. The van der Waals surface area contributed by atoms with Crippen LogP contribution in [-0.4, -0.2) is 90.4 Å². The van der Waals surface area contributed by atoms with E-state index in [1.807, 2.05) is 9.80 Å². The molecule has 2 amide bonds. The Morgan fingerprint density at radius 3 is 2.19 bits per heavy atom. The van der Waals surface area contributed by atoms with E-state index in [9.17, 15) is 22.8 Å². The molecule has 0 radical (unpaired) electrons. The largest absolute Gasteiger partial charge is 0.459 e. The minimum Gasteiger partial charge on any atom is -0.459 e. The van der Waals surface area contributed by atoms with Gasteiger partial charge in [-0.25, -0.2) is 4.98 Å². The number of aromatic nitrogens is 1. The van der Waals surface area contributed by atoms with Crippen molar-refractivity contribution in [3.8, 4) is 0 Å². The van der Waals surface area contributed by atoms with E-state index in [0.717, 1.165) is 12.3 Å². The van der Waals surface area contributed by atoms with Gasteiger partial charge in [-0.1, -0.05) is 0 Å². The molecule has 0 aliphatic carbocycles. The summed E-state index contributed by atoms with van der Waals surface area (Å²) in [5.41, 5.74) is -0.767. The van der Waals surface area contributed by atoms with E-state index in [2.05, 4.69) is 4.98 Å². The van der Waals surface area contributed by atoms with Gasteiger partial charge in [0, 0.05) is 58.6 Å². The Morgan fingerprint density at radius 2 is 1.62 bits per heavy atom. The number of nitrogens with zero attached hydrogens (tertiary/aromatic N) is 5. The fraction of sp³-hybridized carbons (Fsp3) is 0.476. The highest BCUT2D eigenvalue weighted by molar-refractivity contribution is 5.91. The van der Waals surface area contributed by atoms with E-state index in [0.29, 0.717) is 63.9 Å². The summed E-state index contributed by atoms with van der Waals surface area (Å²) < 4.78 is 43.2. The number of alkyl halides is 3. The number of hydrogen-bond donors (Lipinski definition) is 0. The molecule has 4 rings (SSSR count). The molecule has 8 nitrogen and oxygen atoms in total. The third-order valence-electron chi connectivity index (χ3n) is 5.78. The van der Waals surface area contributed by atoms with Crippen LogP contribution in [0.5, 0.6) is 0 Å². The van der Waals surface area contributed by atoms with Gasteiger partial charge in [-0.15, -0.1) is 0 Å². The summed E-state index contributed by atoms with van der Waals surface area (Å²) in [6.45, 7) is 4.53. The normalized spacial score (nSPS) is 18.2. The Bertz CT molecular complexity index is 917. The lowest BCUT2D eigenvalue weighted by atomic mass is 10.2. The molecule has 2 aliphatic heterocycles. The zero-order valence-electron chi connectivity index (χ0n) is 17.4. The molecule has 2 aromatic rings. The van der Waals surface area contributed by atoms with Gasteiger partial charge in [-0.2, -0.15) is 13.2 Å². The van der Waals surface area contributed by atoms with Crippen LogP contribution in [0.15, 0.2) is 41.1 Å². The van der Waals surface area contributed by atoms with Gasteiger partial charge in [0.05, 0.1) is 18.4 Å². The summed E-state index contributed by atoms with van der Waals surface area (Å²) in [6.07, 6.45) is -2.09. The average Bonchev–Trinajstić information content (AvgIpc) is 3.34. The quantitative estimate of drug-likeness (QED) is 0.706. The molecule has 0 unspecified atom stereocenters. The zero-order chi connectivity index (χ0) is 22.7. The van der Waals surface area contributed by atoms with Crippen LogP contribution in [0.3, 0.4) is 0 Å². The molecule has 0 bridgehead atoms. The van der Waals surface area contributed by atoms with Gasteiger partial charge in [-0.3, -0.25) is 14.5 Å². The van der Waals surface area contributed by atoms with Crippen molar-refractivity contribution in [2.24, 2.45) is 0 Å². The van der Waals surface area contributed by atoms with E-state index in [4.69, 9.17) is 4.42 Å². The van der Waals surface area contributed by atoms with E-state index < -0.39 is 11.7 Å². The van der Waals surface area contributed by atoms with Crippen LogP contribution in [0, 0.1) is 0 Å². The molecule has 11 heteroatoms. The number of carbonyl (C=O) groups excluding carboxylic acids is 2. The summed E-state index contributed by atoms with van der Waals surface area (Å²) in [5.74, 6) is 0.637. The Kier molecular flexibility index (Phi) is 6.35. The number of hydrogen-bond acceptors (Lipinski definition) is 6. The summed E-state index contributed by atoms with van der Waals surface area (Å²) in [7, 11) is 0. The fourth-order valence-electron chi connectivity index (χ4n) is 3.88. The fourth-order valence-corrected chi connectivity index (χ4v) is 3.88. The second-order valence-electron chi connectivity index (χ2n) is 7.82. The number of pyridine rings is 1. The molecule has 4 heterocycles. The van der Waals surface area contributed by atoms with Crippen LogP contribution < -0.4 is 4.90 Å². The van der Waals surface area contributed by atoms with Crippen LogP contribution in [0.1, 0.15) is 16.1 Å². The summed E-state index contributed by atoms with van der Waals surface area (Å²) >= 11 is 0. The number of halogens is 3. The highest BCUT2D eigenvalue weighted by Gasteiger charge is 2.31. The van der Waals surface area contributed by atoms with Gasteiger partial charge in [0.25, 0.3) is 5.91 Å². The summed E-state index contributed by atoms with van der Waals surface area (Å²) in [6, 6.07) is 5.71. The van der Waals surface area contributed by atoms with E-state index in [-0.39, 0.29) is 18.4 Å². The first-order valence-corrected chi connectivity index (χ1v) is 10.4. The van der Waals surface area contributed by atoms with Crippen LogP contribution in [-0.2, 0) is 11.0 Å². The highest BCUT2D eigenvalue weighted by atomic mass is 19.4. The maximum Gasteiger partial charge on any atom is 0.417 e. The van der Waals surface area contributed by atoms with Crippen LogP contribution in [0.4, 0.5) is 19.0 Å². The predicted molar refractivity (Wildman–Crippen MR) is 109 cm³/mol. The average molecular weight is 451 g/mol. The van der Waals surface area contributed by atoms with Gasteiger partial charge < -0.3 is 19.1 Å². The SMILES string of the molecule is O=C(CN1CCN(c2ccc(C(F)(F)F)cn2)CC1)N1CCN(C(=O)c2ccco2)CC1. The lowest BCUT2D eigenvalue weighted by molar-refractivity contribution is -0.137. The third-order valence-corrected chi connectivity index (χ3v) is 5.78. The van der Waals surface area contributed by atoms with Crippen molar-refractivity contribution in [1.82, 2.24) is 19.7 Å². The van der Waals surface area contributed by atoms with Crippen molar-refractivity contribution in [1.29, 1.82) is 0 Å². The molecule has 2 aromatic heterocycles. The molecule has 2 saturated heterocycles. The highest BCUT2D eigenvalue weighted by Crippen LogP contribution is 2.29. The second kappa shape index (κ2) is 9.19. The number of anilines is 1. The van der Waals surface area contributed by atoms with Crippen molar-refractivity contribution >= 4 is 17.6 Å². The molecule has 2 aliphatic rings. The number of rotatable bonds is 4. The van der Waals surface area contributed by atoms with Crippen molar-refractivity contribution in [3.05, 3.63) is 48.0 Å². The number of carbonyl (C=O) groups is 2. The maximum atomic E-state index is 12.7. The molecule has 0 aromatic carbocycles. The Labute approximate surface area is 183 Å². The van der Waals surface area contributed by atoms with Crippen LogP contribution in [0.25, 0.3) is 0 Å². The molecule has 2 fully saturated rings. The second-order valence-corrected chi connectivity index (χ2v) is 7.82. The number of furan rings is 1. The molecule has 0 saturated carbocycles. The van der Waals surface area contributed by atoms with Gasteiger partial charge in [0.2, 0.25) is 5.91 Å². The molecule has 172 valence electrons. The summed E-state index contributed by atoms with van der Waals surface area (Å²) in [4.78, 5) is 36.3.